The van der Waals surface area contributed by atoms with E-state index in [0.717, 1.165) is 49.2 Å². The van der Waals surface area contributed by atoms with Gasteiger partial charge in [0.25, 0.3) is 0 Å². The molecule has 0 radical (unpaired) electrons. The number of nitrogen functional groups attached to an aromatic ring is 1. The fraction of sp³-hybridized carbons (Fsp3) is 0.812. The molecule has 5 heteroatoms. The molecular weight excluding hydrogens is 262 g/mol. The molecule has 5 nitrogen and oxygen atoms in total. The van der Waals surface area contributed by atoms with E-state index in [1.165, 1.54) is 38.8 Å². The smallest absolute Gasteiger partial charge is 0.150 e. The van der Waals surface area contributed by atoms with Crippen LogP contribution in [0.15, 0.2) is 0 Å². The summed E-state index contributed by atoms with van der Waals surface area (Å²) >= 11 is 0. The number of rotatable bonds is 4. The first-order valence-corrected chi connectivity index (χ1v) is 8.51. The van der Waals surface area contributed by atoms with Crippen molar-refractivity contribution >= 4 is 11.5 Å². The van der Waals surface area contributed by atoms with E-state index >= 15 is 0 Å². The highest BCUT2D eigenvalue weighted by molar-refractivity contribution is 5.66. The SMILES string of the molecule is CCCc1nn(C)c(N2CCN(C3CCCC3)CC2)c1N. The van der Waals surface area contributed by atoms with Crippen LogP contribution in [0, 0.1) is 0 Å². The molecule has 2 heterocycles. The summed E-state index contributed by atoms with van der Waals surface area (Å²) < 4.78 is 1.98. The van der Waals surface area contributed by atoms with E-state index in [1.807, 2.05) is 11.7 Å². The minimum absolute atomic E-state index is 0.840. The number of nitrogens with two attached hydrogens (primary N) is 1. The molecule has 0 aromatic carbocycles. The summed E-state index contributed by atoms with van der Waals surface area (Å²) in [6.07, 6.45) is 7.70. The predicted molar refractivity (Wildman–Crippen MR) is 87.7 cm³/mol. The van der Waals surface area contributed by atoms with Gasteiger partial charge in [0.1, 0.15) is 5.82 Å². The number of aryl methyl sites for hydroxylation is 2. The van der Waals surface area contributed by atoms with E-state index in [2.05, 4.69) is 21.8 Å². The van der Waals surface area contributed by atoms with E-state index in [-0.39, 0.29) is 0 Å². The normalized spacial score (nSPS) is 21.3. The van der Waals surface area contributed by atoms with Crippen LogP contribution in [-0.4, -0.2) is 46.9 Å². The highest BCUT2D eigenvalue weighted by Crippen LogP contribution is 2.29. The van der Waals surface area contributed by atoms with Gasteiger partial charge in [-0.05, 0) is 19.3 Å². The molecule has 0 unspecified atom stereocenters. The van der Waals surface area contributed by atoms with E-state index in [1.54, 1.807) is 0 Å². The molecule has 0 amide bonds. The molecule has 0 spiro atoms. The van der Waals surface area contributed by atoms with Crippen LogP contribution >= 0.6 is 0 Å². The maximum absolute atomic E-state index is 6.34. The Morgan fingerprint density at radius 3 is 2.43 bits per heavy atom. The Bertz CT molecular complexity index is 467. The number of anilines is 2. The maximum Gasteiger partial charge on any atom is 0.150 e. The molecule has 118 valence electrons. The van der Waals surface area contributed by atoms with Crippen LogP contribution in [0.2, 0.25) is 0 Å². The van der Waals surface area contributed by atoms with Crippen LogP contribution in [0.1, 0.15) is 44.7 Å². The Hall–Kier alpha value is -1.23. The first-order valence-electron chi connectivity index (χ1n) is 8.51. The van der Waals surface area contributed by atoms with E-state index in [4.69, 9.17) is 5.73 Å². The molecule has 3 rings (SSSR count). The third kappa shape index (κ3) is 2.89. The van der Waals surface area contributed by atoms with Gasteiger partial charge in [0.2, 0.25) is 0 Å². The summed E-state index contributed by atoms with van der Waals surface area (Å²) in [5, 5.41) is 4.61. The zero-order chi connectivity index (χ0) is 14.8. The fourth-order valence-corrected chi connectivity index (χ4v) is 3.95. The van der Waals surface area contributed by atoms with Gasteiger partial charge in [-0.25, -0.2) is 0 Å². The molecule has 1 aliphatic carbocycles. The minimum Gasteiger partial charge on any atom is -0.394 e. The molecule has 1 aliphatic heterocycles. The summed E-state index contributed by atoms with van der Waals surface area (Å²) in [4.78, 5) is 5.11. The highest BCUT2D eigenvalue weighted by Gasteiger charge is 2.28. The summed E-state index contributed by atoms with van der Waals surface area (Å²) in [6, 6.07) is 0.840. The molecule has 1 aromatic rings. The second-order valence-corrected chi connectivity index (χ2v) is 6.52. The lowest BCUT2D eigenvalue weighted by Gasteiger charge is -2.39. The third-order valence-electron chi connectivity index (χ3n) is 5.07. The van der Waals surface area contributed by atoms with Crippen molar-refractivity contribution in [3.8, 4) is 0 Å². The Morgan fingerprint density at radius 2 is 1.81 bits per heavy atom. The topological polar surface area (TPSA) is 50.3 Å². The first-order chi connectivity index (χ1) is 10.2. The maximum atomic E-state index is 6.34. The van der Waals surface area contributed by atoms with Crippen molar-refractivity contribution in [2.45, 2.75) is 51.5 Å². The van der Waals surface area contributed by atoms with Crippen LogP contribution in [0.5, 0.6) is 0 Å². The largest absolute Gasteiger partial charge is 0.394 e. The van der Waals surface area contributed by atoms with Gasteiger partial charge in [-0.15, -0.1) is 0 Å². The molecule has 21 heavy (non-hydrogen) atoms. The highest BCUT2D eigenvalue weighted by atomic mass is 15.4. The molecule has 1 saturated heterocycles. The van der Waals surface area contributed by atoms with Crippen molar-refractivity contribution in [3.63, 3.8) is 0 Å². The monoisotopic (exact) mass is 291 g/mol. The number of aromatic nitrogens is 2. The third-order valence-corrected chi connectivity index (χ3v) is 5.07. The minimum atomic E-state index is 0.840. The van der Waals surface area contributed by atoms with E-state index in [9.17, 15) is 0 Å². The van der Waals surface area contributed by atoms with Crippen molar-refractivity contribution in [1.29, 1.82) is 0 Å². The van der Waals surface area contributed by atoms with Gasteiger partial charge in [-0.3, -0.25) is 9.58 Å². The molecular formula is C16H29N5. The van der Waals surface area contributed by atoms with Crippen LogP contribution in [-0.2, 0) is 13.5 Å². The van der Waals surface area contributed by atoms with Crippen LogP contribution < -0.4 is 10.6 Å². The summed E-state index contributed by atoms with van der Waals surface area (Å²) in [6.45, 7) is 6.66. The summed E-state index contributed by atoms with van der Waals surface area (Å²) in [7, 11) is 2.02. The quantitative estimate of drug-likeness (QED) is 0.922. The van der Waals surface area contributed by atoms with Crippen LogP contribution in [0.3, 0.4) is 0 Å². The second-order valence-electron chi connectivity index (χ2n) is 6.52. The average molecular weight is 291 g/mol. The van der Waals surface area contributed by atoms with Crippen molar-refractivity contribution in [2.24, 2.45) is 7.05 Å². The zero-order valence-corrected chi connectivity index (χ0v) is 13.5. The Balaban J connectivity index is 1.66. The lowest BCUT2D eigenvalue weighted by Crippen LogP contribution is -2.50. The van der Waals surface area contributed by atoms with Gasteiger partial charge in [-0.2, -0.15) is 5.10 Å². The zero-order valence-electron chi connectivity index (χ0n) is 13.5. The van der Waals surface area contributed by atoms with Crippen molar-refractivity contribution < 1.29 is 0 Å². The molecule has 2 aliphatic rings. The van der Waals surface area contributed by atoms with Gasteiger partial charge < -0.3 is 10.6 Å². The van der Waals surface area contributed by atoms with Gasteiger partial charge in [0, 0.05) is 39.3 Å². The van der Waals surface area contributed by atoms with Gasteiger partial charge in [0.05, 0.1) is 11.4 Å². The molecule has 2 fully saturated rings. The van der Waals surface area contributed by atoms with Crippen LogP contribution in [0.4, 0.5) is 11.5 Å². The lowest BCUT2D eigenvalue weighted by molar-refractivity contribution is 0.187. The summed E-state index contributed by atoms with van der Waals surface area (Å²) in [5.74, 6) is 1.13. The second kappa shape index (κ2) is 6.26. The Labute approximate surface area is 128 Å². The van der Waals surface area contributed by atoms with Crippen LogP contribution in [0.25, 0.3) is 0 Å². The average Bonchev–Trinajstić information content (AvgIpc) is 3.10. The first kappa shape index (κ1) is 14.7. The van der Waals surface area contributed by atoms with Gasteiger partial charge in [-0.1, -0.05) is 26.2 Å². The van der Waals surface area contributed by atoms with Crippen molar-refractivity contribution in [1.82, 2.24) is 14.7 Å². The predicted octanol–water partition coefficient (Wildman–Crippen LogP) is 2.02. The number of hydrogen-bond donors (Lipinski definition) is 1. The summed E-state index contributed by atoms with van der Waals surface area (Å²) in [5.41, 5.74) is 8.30. The molecule has 1 saturated carbocycles. The molecule has 0 bridgehead atoms. The number of piperazine rings is 1. The van der Waals surface area contributed by atoms with E-state index < -0.39 is 0 Å². The molecule has 2 N–H and O–H groups in total. The number of nitrogens with zero attached hydrogens (tertiary/aromatic N) is 4. The molecule has 0 atom stereocenters. The Kier molecular flexibility index (Phi) is 4.38. The lowest BCUT2D eigenvalue weighted by atomic mass is 10.1. The van der Waals surface area contributed by atoms with Gasteiger partial charge >= 0.3 is 0 Å². The van der Waals surface area contributed by atoms with Gasteiger partial charge in [0.15, 0.2) is 0 Å². The van der Waals surface area contributed by atoms with Crippen molar-refractivity contribution in [3.05, 3.63) is 5.69 Å². The van der Waals surface area contributed by atoms with Crippen molar-refractivity contribution in [2.75, 3.05) is 36.8 Å². The standard InChI is InChI=1S/C16H29N5/c1-3-6-14-15(17)16(19(2)18-14)21-11-9-20(10-12-21)13-7-4-5-8-13/h13H,3-12,17H2,1-2H3. The Morgan fingerprint density at radius 1 is 1.14 bits per heavy atom. The number of hydrogen-bond acceptors (Lipinski definition) is 4. The molecule has 1 aromatic heterocycles. The fourth-order valence-electron chi connectivity index (χ4n) is 3.95. The van der Waals surface area contributed by atoms with E-state index in [0.29, 0.717) is 0 Å².